The average Bonchev–Trinajstić information content (AvgIpc) is 3.43. The van der Waals surface area contributed by atoms with Gasteiger partial charge < -0.3 is 14.4 Å². The molecule has 0 N–H and O–H groups in total. The van der Waals surface area contributed by atoms with E-state index in [4.69, 9.17) is 9.47 Å². The first-order chi connectivity index (χ1) is 13.7. The highest BCUT2D eigenvalue weighted by molar-refractivity contribution is 5.80. The van der Waals surface area contributed by atoms with E-state index >= 15 is 0 Å². The van der Waals surface area contributed by atoms with Gasteiger partial charge in [-0.1, -0.05) is 19.3 Å². The van der Waals surface area contributed by atoms with Gasteiger partial charge in [0.05, 0.1) is 26.2 Å². The van der Waals surface area contributed by atoms with Crippen LogP contribution in [0, 0.1) is 5.92 Å². The third-order valence-electron chi connectivity index (χ3n) is 7.00. The van der Waals surface area contributed by atoms with Crippen LogP contribution in [0.2, 0.25) is 0 Å². The number of hydrogen-bond donors (Lipinski definition) is 0. The van der Waals surface area contributed by atoms with E-state index in [2.05, 4.69) is 15.9 Å². The van der Waals surface area contributed by atoms with Gasteiger partial charge in [0.1, 0.15) is 11.5 Å². The fourth-order valence-corrected chi connectivity index (χ4v) is 5.45. The van der Waals surface area contributed by atoms with Gasteiger partial charge in [0.25, 0.3) is 0 Å². The highest BCUT2D eigenvalue weighted by Gasteiger charge is 2.39. The van der Waals surface area contributed by atoms with Gasteiger partial charge in [-0.05, 0) is 50.8 Å². The summed E-state index contributed by atoms with van der Waals surface area (Å²) in [6, 6.07) is 6.80. The van der Waals surface area contributed by atoms with Crippen molar-refractivity contribution >= 4 is 5.91 Å². The van der Waals surface area contributed by atoms with Crippen LogP contribution in [0.15, 0.2) is 18.2 Å². The molecule has 1 amide bonds. The molecule has 3 aliphatic rings. The van der Waals surface area contributed by atoms with Gasteiger partial charge in [0, 0.05) is 30.8 Å². The highest BCUT2D eigenvalue weighted by atomic mass is 16.5. The lowest BCUT2D eigenvalue weighted by Gasteiger charge is -2.32. The zero-order chi connectivity index (χ0) is 19.5. The molecule has 28 heavy (non-hydrogen) atoms. The first kappa shape index (κ1) is 19.6. The van der Waals surface area contributed by atoms with Gasteiger partial charge in [-0.3, -0.25) is 9.69 Å². The Kier molecular flexibility index (Phi) is 6.10. The van der Waals surface area contributed by atoms with E-state index in [-0.39, 0.29) is 12.0 Å². The molecule has 4 rings (SSSR count). The molecule has 0 bridgehead atoms. The number of hydrogen-bond acceptors (Lipinski definition) is 4. The molecule has 1 aromatic rings. The number of nitrogens with zero attached hydrogens (tertiary/aromatic N) is 2. The summed E-state index contributed by atoms with van der Waals surface area (Å²) in [4.78, 5) is 18.1. The Morgan fingerprint density at radius 2 is 1.79 bits per heavy atom. The SMILES string of the molecule is COc1ccc([C@H]2CCCN2C(=O)[C@@H]2CCN(C3CCCCC3)C2)c(OC)c1. The largest absolute Gasteiger partial charge is 0.497 e. The molecular formula is C23H34N2O3. The van der Waals surface area contributed by atoms with E-state index in [0.29, 0.717) is 11.9 Å². The van der Waals surface area contributed by atoms with Crippen molar-refractivity contribution in [1.82, 2.24) is 9.80 Å². The molecule has 0 aromatic heterocycles. The van der Waals surface area contributed by atoms with E-state index in [9.17, 15) is 4.79 Å². The van der Waals surface area contributed by atoms with Gasteiger partial charge in [0.2, 0.25) is 5.91 Å². The minimum absolute atomic E-state index is 0.122. The van der Waals surface area contributed by atoms with Gasteiger partial charge in [-0.2, -0.15) is 0 Å². The second-order valence-electron chi connectivity index (χ2n) is 8.57. The molecule has 3 fully saturated rings. The van der Waals surface area contributed by atoms with E-state index in [0.717, 1.165) is 56.0 Å². The molecule has 0 spiro atoms. The lowest BCUT2D eigenvalue weighted by molar-refractivity contribution is -0.136. The molecule has 1 aromatic carbocycles. The molecule has 2 saturated heterocycles. The second kappa shape index (κ2) is 8.73. The first-order valence-corrected chi connectivity index (χ1v) is 11.0. The van der Waals surface area contributed by atoms with Crippen molar-refractivity contribution < 1.29 is 14.3 Å². The summed E-state index contributed by atoms with van der Waals surface area (Å²) in [6.07, 6.45) is 9.80. The van der Waals surface area contributed by atoms with Gasteiger partial charge in [0.15, 0.2) is 0 Å². The summed E-state index contributed by atoms with van der Waals surface area (Å²) in [6.45, 7) is 2.90. The van der Waals surface area contributed by atoms with Crippen LogP contribution < -0.4 is 9.47 Å². The fourth-order valence-electron chi connectivity index (χ4n) is 5.45. The van der Waals surface area contributed by atoms with Crippen LogP contribution in [0.5, 0.6) is 11.5 Å². The van der Waals surface area contributed by atoms with Crippen LogP contribution in [0.25, 0.3) is 0 Å². The van der Waals surface area contributed by atoms with Crippen LogP contribution in [0.1, 0.15) is 63.0 Å². The summed E-state index contributed by atoms with van der Waals surface area (Å²) in [5.41, 5.74) is 1.11. The van der Waals surface area contributed by atoms with E-state index < -0.39 is 0 Å². The molecule has 1 aliphatic carbocycles. The van der Waals surface area contributed by atoms with Gasteiger partial charge in [-0.15, -0.1) is 0 Å². The Labute approximate surface area is 169 Å². The zero-order valence-electron chi connectivity index (χ0n) is 17.4. The molecule has 0 unspecified atom stereocenters. The number of ether oxygens (including phenoxy) is 2. The standard InChI is InChI=1S/C23H34N2O3/c1-27-19-10-11-20(22(15-19)28-2)21-9-6-13-25(21)23(26)17-12-14-24(16-17)18-7-4-3-5-8-18/h10-11,15,17-18,21H,3-9,12-14,16H2,1-2H3/t17-,21-/m1/s1. The number of amides is 1. The summed E-state index contributed by atoms with van der Waals surface area (Å²) in [5.74, 6) is 2.11. The Morgan fingerprint density at radius 3 is 2.54 bits per heavy atom. The summed E-state index contributed by atoms with van der Waals surface area (Å²) in [5, 5.41) is 0. The second-order valence-corrected chi connectivity index (χ2v) is 8.57. The molecule has 2 atom stereocenters. The molecule has 1 saturated carbocycles. The van der Waals surface area contributed by atoms with E-state index in [1.165, 1.54) is 32.1 Å². The number of methoxy groups -OCH3 is 2. The molecule has 5 nitrogen and oxygen atoms in total. The van der Waals surface area contributed by atoms with Crippen LogP contribution in [-0.2, 0) is 4.79 Å². The maximum absolute atomic E-state index is 13.4. The minimum Gasteiger partial charge on any atom is -0.497 e. The van der Waals surface area contributed by atoms with Crippen LogP contribution in [0.4, 0.5) is 0 Å². The molecular weight excluding hydrogens is 352 g/mol. The normalized spacial score (nSPS) is 26.6. The molecule has 2 aliphatic heterocycles. The number of likely N-dealkylation sites (tertiary alicyclic amines) is 2. The lowest BCUT2D eigenvalue weighted by Crippen LogP contribution is -2.39. The number of benzene rings is 1. The van der Waals surface area contributed by atoms with Crippen molar-refractivity contribution in [3.8, 4) is 11.5 Å². The van der Waals surface area contributed by atoms with Crippen molar-refractivity contribution in [3.63, 3.8) is 0 Å². The fraction of sp³-hybridized carbons (Fsp3) is 0.696. The Hall–Kier alpha value is -1.75. The van der Waals surface area contributed by atoms with E-state index in [1.807, 2.05) is 12.1 Å². The predicted octanol–water partition coefficient (Wildman–Crippen LogP) is 4.02. The summed E-state index contributed by atoms with van der Waals surface area (Å²) < 4.78 is 11.0. The maximum Gasteiger partial charge on any atom is 0.227 e. The third kappa shape index (κ3) is 3.86. The van der Waals surface area contributed by atoms with Crippen LogP contribution in [-0.4, -0.2) is 55.6 Å². The van der Waals surface area contributed by atoms with Crippen molar-refractivity contribution in [1.29, 1.82) is 0 Å². The summed E-state index contributed by atoms with van der Waals surface area (Å²) in [7, 11) is 3.36. The van der Waals surface area contributed by atoms with Crippen molar-refractivity contribution in [2.45, 2.75) is 63.5 Å². The minimum atomic E-state index is 0.122. The average molecular weight is 387 g/mol. The Balaban J connectivity index is 1.45. The molecule has 154 valence electrons. The van der Waals surface area contributed by atoms with Crippen LogP contribution in [0.3, 0.4) is 0 Å². The van der Waals surface area contributed by atoms with Crippen molar-refractivity contribution in [2.24, 2.45) is 5.92 Å². The predicted molar refractivity (Wildman–Crippen MR) is 110 cm³/mol. The highest BCUT2D eigenvalue weighted by Crippen LogP contribution is 2.40. The maximum atomic E-state index is 13.4. The zero-order valence-corrected chi connectivity index (χ0v) is 17.4. The first-order valence-electron chi connectivity index (χ1n) is 11.0. The molecule has 5 heteroatoms. The van der Waals surface area contributed by atoms with Gasteiger partial charge >= 0.3 is 0 Å². The number of rotatable bonds is 5. The topological polar surface area (TPSA) is 42.0 Å². The molecule has 0 radical (unpaired) electrons. The Bertz CT molecular complexity index is 686. The summed E-state index contributed by atoms with van der Waals surface area (Å²) >= 11 is 0. The number of carbonyl (C=O) groups is 1. The molecule has 2 heterocycles. The lowest BCUT2D eigenvalue weighted by atomic mass is 9.94. The smallest absolute Gasteiger partial charge is 0.227 e. The van der Waals surface area contributed by atoms with Crippen molar-refractivity contribution in [2.75, 3.05) is 33.9 Å². The number of carbonyl (C=O) groups excluding carboxylic acids is 1. The van der Waals surface area contributed by atoms with Crippen LogP contribution >= 0.6 is 0 Å². The van der Waals surface area contributed by atoms with Crippen molar-refractivity contribution in [3.05, 3.63) is 23.8 Å². The van der Waals surface area contributed by atoms with E-state index in [1.54, 1.807) is 14.2 Å². The Morgan fingerprint density at radius 1 is 0.964 bits per heavy atom. The third-order valence-corrected chi connectivity index (χ3v) is 7.00. The quantitative estimate of drug-likeness (QED) is 0.766. The monoisotopic (exact) mass is 386 g/mol. The van der Waals surface area contributed by atoms with Gasteiger partial charge in [-0.25, -0.2) is 0 Å².